The molecular weight excluding hydrogens is 469 g/mol. The summed E-state index contributed by atoms with van der Waals surface area (Å²) in [5, 5.41) is 3.50. The van der Waals surface area contributed by atoms with Crippen molar-refractivity contribution in [3.05, 3.63) is 0 Å². The summed E-state index contributed by atoms with van der Waals surface area (Å²) < 4.78 is 18.0. The number of guanidine groups is 1. The van der Waals surface area contributed by atoms with Gasteiger partial charge in [-0.1, -0.05) is 20.8 Å². The molecular formula is C21H40IN3O3. The Hall–Kier alpha value is -0.120. The molecule has 0 aromatic heterocycles. The van der Waals surface area contributed by atoms with Crippen LogP contribution in [0.4, 0.5) is 0 Å². The van der Waals surface area contributed by atoms with Gasteiger partial charge >= 0.3 is 0 Å². The van der Waals surface area contributed by atoms with Crippen LogP contribution in [-0.4, -0.2) is 75.2 Å². The van der Waals surface area contributed by atoms with Crippen molar-refractivity contribution in [2.75, 3.05) is 46.0 Å². The Morgan fingerprint density at radius 1 is 1.04 bits per heavy atom. The van der Waals surface area contributed by atoms with Crippen LogP contribution < -0.4 is 5.32 Å². The molecule has 3 rings (SSSR count). The lowest BCUT2D eigenvalue weighted by Gasteiger charge is -2.40. The monoisotopic (exact) mass is 509 g/mol. The molecule has 0 bridgehead atoms. The quantitative estimate of drug-likeness (QED) is 0.358. The fraction of sp³-hybridized carbons (Fsp3) is 0.952. The lowest BCUT2D eigenvalue weighted by molar-refractivity contribution is -0.0839. The largest absolute Gasteiger partial charge is 0.377 e. The SMILES string of the molecule is CCNC(=NCC1CCCOC1C(C)(C)C)N1CCOC(C2CCCO2)C1.I. The van der Waals surface area contributed by atoms with Crippen LogP contribution in [0.2, 0.25) is 0 Å². The number of nitrogens with zero attached hydrogens (tertiary/aromatic N) is 2. The second-order valence-corrected chi connectivity index (χ2v) is 9.16. The summed E-state index contributed by atoms with van der Waals surface area (Å²) in [6, 6.07) is 0. The molecule has 0 aliphatic carbocycles. The Bertz CT molecular complexity index is 492. The molecule has 3 aliphatic rings. The second-order valence-electron chi connectivity index (χ2n) is 9.16. The van der Waals surface area contributed by atoms with Gasteiger partial charge in [-0.05, 0) is 38.0 Å². The number of ether oxygens (including phenoxy) is 3. The molecule has 28 heavy (non-hydrogen) atoms. The van der Waals surface area contributed by atoms with Gasteiger partial charge in [0.05, 0.1) is 18.8 Å². The minimum atomic E-state index is 0. The molecule has 0 saturated carbocycles. The molecule has 0 spiro atoms. The zero-order chi connectivity index (χ0) is 19.3. The van der Waals surface area contributed by atoms with Crippen LogP contribution in [0.15, 0.2) is 4.99 Å². The van der Waals surface area contributed by atoms with Crippen LogP contribution in [-0.2, 0) is 14.2 Å². The van der Waals surface area contributed by atoms with Crippen LogP contribution in [0.25, 0.3) is 0 Å². The van der Waals surface area contributed by atoms with Crippen molar-refractivity contribution in [1.82, 2.24) is 10.2 Å². The maximum atomic E-state index is 6.14. The highest BCUT2D eigenvalue weighted by Crippen LogP contribution is 2.34. The Kier molecular flexibility index (Phi) is 9.76. The molecule has 4 unspecified atom stereocenters. The van der Waals surface area contributed by atoms with E-state index in [2.05, 4.69) is 37.9 Å². The van der Waals surface area contributed by atoms with E-state index in [1.165, 1.54) is 6.42 Å². The number of rotatable bonds is 4. The van der Waals surface area contributed by atoms with E-state index < -0.39 is 0 Å². The maximum Gasteiger partial charge on any atom is 0.194 e. The molecule has 1 N–H and O–H groups in total. The van der Waals surface area contributed by atoms with E-state index in [9.17, 15) is 0 Å². The van der Waals surface area contributed by atoms with Crippen LogP contribution in [0.1, 0.15) is 53.4 Å². The van der Waals surface area contributed by atoms with Gasteiger partial charge in [0.1, 0.15) is 6.10 Å². The third-order valence-electron chi connectivity index (χ3n) is 5.88. The molecule has 3 aliphatic heterocycles. The van der Waals surface area contributed by atoms with E-state index in [4.69, 9.17) is 19.2 Å². The lowest BCUT2D eigenvalue weighted by Crippen LogP contribution is -2.53. The van der Waals surface area contributed by atoms with Crippen molar-refractivity contribution >= 4 is 29.9 Å². The van der Waals surface area contributed by atoms with Crippen molar-refractivity contribution in [2.24, 2.45) is 16.3 Å². The topological polar surface area (TPSA) is 55.3 Å². The van der Waals surface area contributed by atoms with E-state index in [0.29, 0.717) is 5.92 Å². The fourth-order valence-electron chi connectivity index (χ4n) is 4.61. The molecule has 0 aromatic carbocycles. The van der Waals surface area contributed by atoms with E-state index in [0.717, 1.165) is 71.2 Å². The first-order valence-corrected chi connectivity index (χ1v) is 10.9. The molecule has 4 atom stereocenters. The van der Waals surface area contributed by atoms with Crippen molar-refractivity contribution in [3.8, 4) is 0 Å². The molecule has 0 aromatic rings. The van der Waals surface area contributed by atoms with E-state index in [1.54, 1.807) is 0 Å². The summed E-state index contributed by atoms with van der Waals surface area (Å²) in [5.41, 5.74) is 0.156. The molecule has 0 radical (unpaired) electrons. The van der Waals surface area contributed by atoms with Crippen LogP contribution in [0.5, 0.6) is 0 Å². The first kappa shape index (κ1) is 24.2. The smallest absolute Gasteiger partial charge is 0.194 e. The van der Waals surface area contributed by atoms with Gasteiger partial charge in [0.25, 0.3) is 0 Å². The molecule has 164 valence electrons. The molecule has 3 saturated heterocycles. The minimum absolute atomic E-state index is 0. The zero-order valence-electron chi connectivity index (χ0n) is 18.1. The van der Waals surface area contributed by atoms with Gasteiger partial charge in [-0.25, -0.2) is 0 Å². The van der Waals surface area contributed by atoms with Gasteiger partial charge in [-0.3, -0.25) is 4.99 Å². The van der Waals surface area contributed by atoms with Gasteiger partial charge in [-0.2, -0.15) is 0 Å². The number of morpholine rings is 1. The molecule has 7 heteroatoms. The highest BCUT2D eigenvalue weighted by atomic mass is 127. The van der Waals surface area contributed by atoms with Crippen LogP contribution in [0, 0.1) is 11.3 Å². The normalized spacial score (nSPS) is 32.1. The molecule has 3 heterocycles. The third-order valence-corrected chi connectivity index (χ3v) is 5.88. The number of hydrogen-bond acceptors (Lipinski definition) is 4. The molecule has 0 amide bonds. The first-order valence-electron chi connectivity index (χ1n) is 10.9. The summed E-state index contributed by atoms with van der Waals surface area (Å²) in [5.74, 6) is 1.50. The Morgan fingerprint density at radius 2 is 1.75 bits per heavy atom. The average Bonchev–Trinajstić information content (AvgIpc) is 3.19. The Labute approximate surface area is 188 Å². The predicted molar refractivity (Wildman–Crippen MR) is 124 cm³/mol. The van der Waals surface area contributed by atoms with Crippen LogP contribution in [0.3, 0.4) is 0 Å². The van der Waals surface area contributed by atoms with E-state index >= 15 is 0 Å². The van der Waals surface area contributed by atoms with Crippen molar-refractivity contribution in [3.63, 3.8) is 0 Å². The number of aliphatic imine (C=N–C) groups is 1. The zero-order valence-corrected chi connectivity index (χ0v) is 20.4. The number of hydrogen-bond donors (Lipinski definition) is 1. The van der Waals surface area contributed by atoms with Crippen molar-refractivity contribution in [1.29, 1.82) is 0 Å². The Morgan fingerprint density at radius 3 is 2.43 bits per heavy atom. The number of halogens is 1. The van der Waals surface area contributed by atoms with Crippen molar-refractivity contribution < 1.29 is 14.2 Å². The average molecular weight is 509 g/mol. The highest BCUT2D eigenvalue weighted by molar-refractivity contribution is 14.0. The van der Waals surface area contributed by atoms with E-state index in [-0.39, 0.29) is 47.7 Å². The maximum absolute atomic E-state index is 6.14. The van der Waals surface area contributed by atoms with Gasteiger partial charge < -0.3 is 24.4 Å². The van der Waals surface area contributed by atoms with Crippen molar-refractivity contribution in [2.45, 2.75) is 71.7 Å². The standard InChI is InChI=1S/C21H39N3O3.HI/c1-5-22-20(23-14-16-8-6-12-27-19(16)21(2,3)4)24-10-13-26-18(15-24)17-9-7-11-25-17;/h16-19H,5-15H2,1-4H3,(H,22,23);1H. The molecule has 6 nitrogen and oxygen atoms in total. The summed E-state index contributed by atoms with van der Waals surface area (Å²) in [7, 11) is 0. The third kappa shape index (κ3) is 6.44. The lowest BCUT2D eigenvalue weighted by atomic mass is 9.78. The molecule has 3 fully saturated rings. The minimum Gasteiger partial charge on any atom is -0.377 e. The van der Waals surface area contributed by atoms with Gasteiger partial charge in [-0.15, -0.1) is 24.0 Å². The summed E-state index contributed by atoms with van der Waals surface area (Å²) in [6.07, 6.45) is 5.28. The predicted octanol–water partition coefficient (Wildman–Crippen LogP) is 3.29. The Balaban J connectivity index is 0.00000280. The summed E-state index contributed by atoms with van der Waals surface area (Å²) in [6.45, 7) is 14.9. The highest BCUT2D eigenvalue weighted by Gasteiger charge is 2.36. The number of nitrogens with one attached hydrogen (secondary N) is 1. The van der Waals surface area contributed by atoms with Gasteiger partial charge in [0.2, 0.25) is 0 Å². The fourth-order valence-corrected chi connectivity index (χ4v) is 4.61. The van der Waals surface area contributed by atoms with Gasteiger partial charge in [0.15, 0.2) is 5.96 Å². The first-order chi connectivity index (χ1) is 13.0. The van der Waals surface area contributed by atoms with Gasteiger partial charge in [0, 0.05) is 45.3 Å². The van der Waals surface area contributed by atoms with E-state index in [1.807, 2.05) is 0 Å². The summed E-state index contributed by atoms with van der Waals surface area (Å²) >= 11 is 0. The van der Waals surface area contributed by atoms with Crippen LogP contribution >= 0.6 is 24.0 Å². The second kappa shape index (κ2) is 11.3. The summed E-state index contributed by atoms with van der Waals surface area (Å²) in [4.78, 5) is 7.40.